The summed E-state index contributed by atoms with van der Waals surface area (Å²) in [6.07, 6.45) is 0.280. The van der Waals surface area contributed by atoms with Crippen molar-refractivity contribution in [3.63, 3.8) is 0 Å². The molecule has 0 aliphatic rings. The van der Waals surface area contributed by atoms with Crippen LogP contribution in [0.1, 0.15) is 53.7 Å². The maximum Gasteiger partial charge on any atom is 0.165 e. The number of halogens is 2. The van der Waals surface area contributed by atoms with E-state index >= 15 is 0 Å². The molecule has 144 valence electrons. The Bertz CT molecular complexity index is 918. The van der Waals surface area contributed by atoms with E-state index in [1.807, 2.05) is 24.3 Å². The van der Waals surface area contributed by atoms with Gasteiger partial charge in [-0.05, 0) is 65.6 Å². The van der Waals surface area contributed by atoms with E-state index in [9.17, 15) is 9.18 Å². The van der Waals surface area contributed by atoms with Crippen LogP contribution in [-0.4, -0.2) is 5.78 Å². The lowest BCUT2D eigenvalue weighted by molar-refractivity contribution is 0.0976. The van der Waals surface area contributed by atoms with E-state index in [0.29, 0.717) is 11.5 Å². The lowest BCUT2D eigenvalue weighted by Gasteiger charge is -2.21. The minimum absolute atomic E-state index is 0.0254. The van der Waals surface area contributed by atoms with E-state index in [4.69, 9.17) is 0 Å². The standard InChI is InChI=1S/C24H23BrFNO/c1-16(2)17-3-5-18(6-4-17)23(27-22-13-9-20(25)10-14-22)15-24(28)19-7-11-21(26)12-8-19/h3-14,16,23,27H,15H2,1-2H3/t23-/m0/s1. The Morgan fingerprint density at radius 1 is 0.893 bits per heavy atom. The van der Waals surface area contributed by atoms with Gasteiger partial charge in [-0.1, -0.05) is 54.0 Å². The highest BCUT2D eigenvalue weighted by molar-refractivity contribution is 9.10. The van der Waals surface area contributed by atoms with Crippen molar-refractivity contribution in [1.29, 1.82) is 0 Å². The largest absolute Gasteiger partial charge is 0.378 e. The molecule has 3 aromatic rings. The van der Waals surface area contributed by atoms with Gasteiger partial charge in [0.2, 0.25) is 0 Å². The average molecular weight is 440 g/mol. The number of hydrogen-bond acceptors (Lipinski definition) is 2. The second-order valence-electron chi connectivity index (χ2n) is 7.16. The molecule has 0 aliphatic carbocycles. The van der Waals surface area contributed by atoms with E-state index in [-0.39, 0.29) is 24.1 Å². The van der Waals surface area contributed by atoms with Crippen LogP contribution in [0.25, 0.3) is 0 Å². The third-order valence-corrected chi connectivity index (χ3v) is 5.28. The molecule has 0 saturated carbocycles. The first-order valence-electron chi connectivity index (χ1n) is 9.33. The zero-order chi connectivity index (χ0) is 20.1. The van der Waals surface area contributed by atoms with Crippen molar-refractivity contribution >= 4 is 27.4 Å². The van der Waals surface area contributed by atoms with E-state index in [1.165, 1.54) is 29.8 Å². The zero-order valence-electron chi connectivity index (χ0n) is 16.0. The molecule has 1 N–H and O–H groups in total. The summed E-state index contributed by atoms with van der Waals surface area (Å²) in [5.74, 6) is 0.0840. The SMILES string of the molecule is CC(C)c1ccc([C@H](CC(=O)c2ccc(F)cc2)Nc2ccc(Br)cc2)cc1. The maximum absolute atomic E-state index is 13.2. The predicted octanol–water partition coefficient (Wildman–Crippen LogP) is 7.14. The fourth-order valence-corrected chi connectivity index (χ4v) is 3.32. The van der Waals surface area contributed by atoms with Gasteiger partial charge in [-0.15, -0.1) is 0 Å². The summed E-state index contributed by atoms with van der Waals surface area (Å²) in [6.45, 7) is 4.31. The highest BCUT2D eigenvalue weighted by atomic mass is 79.9. The molecule has 4 heteroatoms. The first-order valence-corrected chi connectivity index (χ1v) is 10.1. The molecule has 0 spiro atoms. The average Bonchev–Trinajstić information content (AvgIpc) is 2.69. The molecule has 0 unspecified atom stereocenters. The maximum atomic E-state index is 13.2. The summed E-state index contributed by atoms with van der Waals surface area (Å²) in [7, 11) is 0. The fourth-order valence-electron chi connectivity index (χ4n) is 3.05. The monoisotopic (exact) mass is 439 g/mol. The van der Waals surface area contributed by atoms with Crippen molar-refractivity contribution in [3.05, 3.63) is 99.8 Å². The minimum atomic E-state index is -0.342. The predicted molar refractivity (Wildman–Crippen MR) is 116 cm³/mol. The van der Waals surface area contributed by atoms with Gasteiger partial charge in [0.25, 0.3) is 0 Å². The molecular formula is C24H23BrFNO. The first kappa shape index (κ1) is 20.3. The van der Waals surface area contributed by atoms with Gasteiger partial charge in [0.05, 0.1) is 6.04 Å². The first-order chi connectivity index (χ1) is 13.4. The summed E-state index contributed by atoms with van der Waals surface area (Å²) in [5, 5.41) is 3.47. The molecule has 0 radical (unpaired) electrons. The fraction of sp³-hybridized carbons (Fsp3) is 0.208. The van der Waals surface area contributed by atoms with Gasteiger partial charge in [0, 0.05) is 22.1 Å². The third kappa shape index (κ3) is 5.29. The van der Waals surface area contributed by atoms with Crippen LogP contribution in [0.4, 0.5) is 10.1 Å². The molecule has 1 atom stereocenters. The number of hydrogen-bond donors (Lipinski definition) is 1. The number of anilines is 1. The van der Waals surface area contributed by atoms with Gasteiger partial charge < -0.3 is 5.32 Å². The minimum Gasteiger partial charge on any atom is -0.378 e. The normalized spacial score (nSPS) is 12.0. The van der Waals surface area contributed by atoms with Crippen LogP contribution >= 0.6 is 15.9 Å². The smallest absolute Gasteiger partial charge is 0.165 e. The van der Waals surface area contributed by atoms with Gasteiger partial charge in [-0.25, -0.2) is 4.39 Å². The summed E-state index contributed by atoms with van der Waals surface area (Å²) in [6, 6.07) is 21.8. The molecule has 0 aromatic heterocycles. The number of Topliss-reactive ketones (excluding diaryl/α,β-unsaturated/α-hetero) is 1. The quantitative estimate of drug-likeness (QED) is 0.396. The molecule has 0 amide bonds. The molecule has 0 saturated heterocycles. The van der Waals surface area contributed by atoms with E-state index in [0.717, 1.165) is 15.7 Å². The van der Waals surface area contributed by atoms with Crippen LogP contribution in [-0.2, 0) is 0 Å². The van der Waals surface area contributed by atoms with Crippen LogP contribution in [0.5, 0.6) is 0 Å². The Kier molecular flexibility index (Phi) is 6.63. The molecular weight excluding hydrogens is 417 g/mol. The Morgan fingerprint density at radius 3 is 2.04 bits per heavy atom. The number of nitrogens with one attached hydrogen (secondary N) is 1. The van der Waals surface area contributed by atoms with E-state index in [1.54, 1.807) is 0 Å². The topological polar surface area (TPSA) is 29.1 Å². The lowest BCUT2D eigenvalue weighted by atomic mass is 9.95. The number of ketones is 1. The molecule has 0 bridgehead atoms. The summed E-state index contributed by atoms with van der Waals surface area (Å²) in [4.78, 5) is 12.8. The van der Waals surface area contributed by atoms with Crippen LogP contribution in [0.15, 0.2) is 77.3 Å². The van der Waals surface area contributed by atoms with Crippen LogP contribution in [0, 0.1) is 5.82 Å². The van der Waals surface area contributed by atoms with Gasteiger partial charge in [-0.3, -0.25) is 4.79 Å². The van der Waals surface area contributed by atoms with Crippen molar-refractivity contribution in [3.8, 4) is 0 Å². The number of carbonyl (C=O) groups excluding carboxylic acids is 1. The highest BCUT2D eigenvalue weighted by Crippen LogP contribution is 2.27. The second kappa shape index (κ2) is 9.16. The lowest BCUT2D eigenvalue weighted by Crippen LogP contribution is -2.16. The number of rotatable bonds is 7. The zero-order valence-corrected chi connectivity index (χ0v) is 17.5. The van der Waals surface area contributed by atoms with Crippen molar-refractivity contribution in [1.82, 2.24) is 0 Å². The Balaban J connectivity index is 1.85. The Morgan fingerprint density at radius 2 is 1.46 bits per heavy atom. The van der Waals surface area contributed by atoms with Crippen LogP contribution < -0.4 is 5.32 Å². The number of benzene rings is 3. The molecule has 0 heterocycles. The van der Waals surface area contributed by atoms with Gasteiger partial charge in [0.15, 0.2) is 5.78 Å². The van der Waals surface area contributed by atoms with Gasteiger partial charge in [0.1, 0.15) is 5.82 Å². The third-order valence-electron chi connectivity index (χ3n) is 4.75. The number of carbonyl (C=O) groups is 1. The van der Waals surface area contributed by atoms with Crippen molar-refractivity contribution in [2.45, 2.75) is 32.2 Å². The van der Waals surface area contributed by atoms with E-state index in [2.05, 4.69) is 59.4 Å². The molecule has 3 rings (SSSR count). The molecule has 2 nitrogen and oxygen atoms in total. The van der Waals surface area contributed by atoms with Crippen LogP contribution in [0.2, 0.25) is 0 Å². The summed E-state index contributed by atoms with van der Waals surface area (Å²) in [5.41, 5.74) is 3.76. The van der Waals surface area contributed by atoms with Crippen molar-refractivity contribution in [2.24, 2.45) is 0 Å². The Labute approximate surface area is 173 Å². The van der Waals surface area contributed by atoms with Crippen LogP contribution in [0.3, 0.4) is 0 Å². The van der Waals surface area contributed by atoms with Crippen molar-refractivity contribution in [2.75, 3.05) is 5.32 Å². The molecule has 3 aromatic carbocycles. The summed E-state index contributed by atoms with van der Waals surface area (Å²) < 4.78 is 14.2. The Hall–Kier alpha value is -2.46. The van der Waals surface area contributed by atoms with Gasteiger partial charge >= 0.3 is 0 Å². The van der Waals surface area contributed by atoms with E-state index < -0.39 is 0 Å². The van der Waals surface area contributed by atoms with Crippen molar-refractivity contribution < 1.29 is 9.18 Å². The van der Waals surface area contributed by atoms with Gasteiger partial charge in [-0.2, -0.15) is 0 Å². The molecule has 28 heavy (non-hydrogen) atoms. The highest BCUT2D eigenvalue weighted by Gasteiger charge is 2.18. The second-order valence-corrected chi connectivity index (χ2v) is 8.08. The molecule has 0 aliphatic heterocycles. The molecule has 0 fully saturated rings. The summed E-state index contributed by atoms with van der Waals surface area (Å²) >= 11 is 3.44.